The molecule has 1 amide bonds. The summed E-state index contributed by atoms with van der Waals surface area (Å²) in [5, 5.41) is 0. The van der Waals surface area contributed by atoms with Gasteiger partial charge >= 0.3 is 12.2 Å². The lowest BCUT2D eigenvalue weighted by atomic mass is 9.84. The molecule has 3 rings (SSSR count). The average Bonchev–Trinajstić information content (AvgIpc) is 2.60. The topological polar surface area (TPSA) is 81.3 Å². The van der Waals surface area contributed by atoms with Gasteiger partial charge in [0.1, 0.15) is 11.4 Å². The quantitative estimate of drug-likeness (QED) is 0.885. The minimum atomic E-state index is -4.38. The fraction of sp³-hybridized carbons (Fsp3) is 0.389. The van der Waals surface area contributed by atoms with Crippen molar-refractivity contribution in [2.24, 2.45) is 0 Å². The van der Waals surface area contributed by atoms with Gasteiger partial charge in [-0.15, -0.1) is 0 Å². The first-order valence-electron chi connectivity index (χ1n) is 8.25. The van der Waals surface area contributed by atoms with E-state index in [1.165, 1.54) is 36.3 Å². The molecule has 27 heavy (non-hydrogen) atoms. The molecule has 144 valence electrons. The number of hydrogen-bond donors (Lipinski definition) is 1. The average molecular weight is 380 g/mol. The zero-order chi connectivity index (χ0) is 20.0. The number of carbonyl (C=O) groups is 1. The number of nitrogens with zero attached hydrogens (tertiary/aromatic N) is 3. The smallest absolute Gasteiger partial charge is 0.397 e. The zero-order valence-electron chi connectivity index (χ0n) is 15.1. The molecule has 0 unspecified atom stereocenters. The third-order valence-electron chi connectivity index (χ3n) is 4.81. The largest absolute Gasteiger partial charge is 0.467 e. The van der Waals surface area contributed by atoms with Gasteiger partial charge in [-0.25, -0.2) is 0 Å². The highest BCUT2D eigenvalue weighted by Gasteiger charge is 2.48. The Morgan fingerprint density at radius 2 is 1.78 bits per heavy atom. The number of benzene rings is 1. The Bertz CT molecular complexity index is 879. The number of alkyl halides is 3. The van der Waals surface area contributed by atoms with Gasteiger partial charge < -0.3 is 15.4 Å². The van der Waals surface area contributed by atoms with Crippen LogP contribution in [0, 0.1) is 0 Å². The highest BCUT2D eigenvalue weighted by molar-refractivity contribution is 6.10. The number of fused-ring (bicyclic) bond motifs is 1. The van der Waals surface area contributed by atoms with E-state index in [9.17, 15) is 18.0 Å². The summed E-state index contributed by atoms with van der Waals surface area (Å²) in [6.07, 6.45) is -3.95. The Labute approximate surface area is 154 Å². The molecular weight excluding hydrogens is 361 g/mol. The van der Waals surface area contributed by atoms with Crippen molar-refractivity contribution in [2.75, 3.05) is 24.3 Å². The van der Waals surface area contributed by atoms with Gasteiger partial charge in [0.05, 0.1) is 18.2 Å². The molecule has 1 aromatic heterocycles. The highest BCUT2D eigenvalue weighted by atomic mass is 19.4. The summed E-state index contributed by atoms with van der Waals surface area (Å²) in [6, 6.07) is 5.88. The van der Waals surface area contributed by atoms with Crippen molar-refractivity contribution in [3.63, 3.8) is 0 Å². The molecule has 9 heteroatoms. The van der Waals surface area contributed by atoms with Gasteiger partial charge in [-0.2, -0.15) is 23.1 Å². The van der Waals surface area contributed by atoms with Crippen molar-refractivity contribution in [1.82, 2.24) is 9.97 Å². The van der Waals surface area contributed by atoms with Crippen LogP contribution in [0.15, 0.2) is 24.3 Å². The van der Waals surface area contributed by atoms with Crippen molar-refractivity contribution >= 4 is 17.4 Å². The standard InChI is InChI=1S/C18H19F3N4O2/c1-17(2,18(19,20)21)10-4-6-11(7-5-10)25-9-8-12-13(15(25)26)14(22)24-16(23-12)27-3/h4-7H,8-9H2,1-3H3,(H2,22,23,24). The molecule has 0 saturated heterocycles. The molecular formula is C18H19F3N4O2. The second-order valence-corrected chi connectivity index (χ2v) is 6.79. The molecule has 0 saturated carbocycles. The number of hydrogen-bond acceptors (Lipinski definition) is 5. The Kier molecular flexibility index (Phi) is 4.49. The Hall–Kier alpha value is -2.84. The van der Waals surface area contributed by atoms with E-state index in [-0.39, 0.29) is 28.9 Å². The fourth-order valence-corrected chi connectivity index (χ4v) is 2.93. The molecule has 0 atom stereocenters. The normalized spacial score (nSPS) is 14.9. The van der Waals surface area contributed by atoms with Crippen LogP contribution in [0.25, 0.3) is 0 Å². The number of rotatable bonds is 3. The van der Waals surface area contributed by atoms with Gasteiger partial charge in [0.25, 0.3) is 5.91 Å². The van der Waals surface area contributed by atoms with Crippen molar-refractivity contribution < 1.29 is 22.7 Å². The van der Waals surface area contributed by atoms with E-state index in [4.69, 9.17) is 10.5 Å². The maximum Gasteiger partial charge on any atom is 0.397 e. The Balaban J connectivity index is 1.92. The predicted octanol–water partition coefficient (Wildman–Crippen LogP) is 3.11. The van der Waals surface area contributed by atoms with E-state index in [2.05, 4.69) is 9.97 Å². The maximum atomic E-state index is 13.2. The Morgan fingerprint density at radius 1 is 1.15 bits per heavy atom. The van der Waals surface area contributed by atoms with Gasteiger partial charge in [-0.1, -0.05) is 12.1 Å². The molecule has 1 aliphatic rings. The number of anilines is 2. The van der Waals surface area contributed by atoms with Crippen molar-refractivity contribution in [1.29, 1.82) is 0 Å². The number of aromatic nitrogens is 2. The number of methoxy groups -OCH3 is 1. The number of carbonyl (C=O) groups excluding carboxylic acids is 1. The summed E-state index contributed by atoms with van der Waals surface area (Å²) >= 11 is 0. The molecule has 2 aromatic rings. The SMILES string of the molecule is COc1nc(N)c2c(n1)CCN(c1ccc(C(C)(C)C(F)(F)F)cc1)C2=O. The second kappa shape index (κ2) is 6.40. The predicted molar refractivity (Wildman–Crippen MR) is 93.9 cm³/mol. The Morgan fingerprint density at radius 3 is 2.33 bits per heavy atom. The summed E-state index contributed by atoms with van der Waals surface area (Å²) in [7, 11) is 1.40. The van der Waals surface area contributed by atoms with Crippen molar-refractivity contribution in [2.45, 2.75) is 31.9 Å². The van der Waals surface area contributed by atoms with E-state index in [0.717, 1.165) is 13.8 Å². The maximum absolute atomic E-state index is 13.2. The summed E-state index contributed by atoms with van der Waals surface area (Å²) < 4.78 is 44.6. The number of nitrogen functional groups attached to an aromatic ring is 1. The van der Waals surface area contributed by atoms with Crippen LogP contribution in [0.1, 0.15) is 35.5 Å². The lowest BCUT2D eigenvalue weighted by Crippen LogP contribution is -2.39. The molecule has 0 fully saturated rings. The summed E-state index contributed by atoms with van der Waals surface area (Å²) in [5.41, 5.74) is 5.19. The molecule has 1 aliphatic heterocycles. The monoisotopic (exact) mass is 380 g/mol. The van der Waals surface area contributed by atoms with E-state index in [1.807, 2.05) is 0 Å². The fourth-order valence-electron chi connectivity index (χ4n) is 2.93. The highest BCUT2D eigenvalue weighted by Crippen LogP contribution is 2.41. The number of halogens is 3. The molecule has 6 nitrogen and oxygen atoms in total. The molecule has 0 aliphatic carbocycles. The molecule has 2 heterocycles. The van der Waals surface area contributed by atoms with E-state index < -0.39 is 11.6 Å². The van der Waals surface area contributed by atoms with Gasteiger partial charge in [0, 0.05) is 18.7 Å². The van der Waals surface area contributed by atoms with Crippen LogP contribution in [-0.4, -0.2) is 35.7 Å². The van der Waals surface area contributed by atoms with Crippen LogP contribution in [0.3, 0.4) is 0 Å². The van der Waals surface area contributed by atoms with Crippen LogP contribution in [0.5, 0.6) is 6.01 Å². The van der Waals surface area contributed by atoms with Gasteiger partial charge in [-0.3, -0.25) is 4.79 Å². The first-order chi connectivity index (χ1) is 12.6. The second-order valence-electron chi connectivity index (χ2n) is 6.79. The van der Waals surface area contributed by atoms with Crippen LogP contribution in [0.2, 0.25) is 0 Å². The van der Waals surface area contributed by atoms with Gasteiger partial charge in [0.2, 0.25) is 0 Å². The van der Waals surface area contributed by atoms with E-state index in [0.29, 0.717) is 24.3 Å². The lowest BCUT2D eigenvalue weighted by Gasteiger charge is -2.31. The minimum absolute atomic E-state index is 0.0152. The molecule has 1 aromatic carbocycles. The number of amides is 1. The van der Waals surface area contributed by atoms with Gasteiger partial charge in [-0.05, 0) is 31.5 Å². The minimum Gasteiger partial charge on any atom is -0.467 e. The van der Waals surface area contributed by atoms with E-state index >= 15 is 0 Å². The van der Waals surface area contributed by atoms with Crippen molar-refractivity contribution in [3.05, 3.63) is 41.1 Å². The summed E-state index contributed by atoms with van der Waals surface area (Å²) in [6.45, 7) is 2.57. The lowest BCUT2D eigenvalue weighted by molar-refractivity contribution is -0.180. The van der Waals surface area contributed by atoms with Crippen LogP contribution in [-0.2, 0) is 11.8 Å². The first kappa shape index (κ1) is 18.9. The first-order valence-corrected chi connectivity index (χ1v) is 8.25. The summed E-state index contributed by atoms with van der Waals surface area (Å²) in [5.74, 6) is -0.374. The third kappa shape index (κ3) is 3.17. The molecule has 2 N–H and O–H groups in total. The van der Waals surface area contributed by atoms with E-state index in [1.54, 1.807) is 0 Å². The van der Waals surface area contributed by atoms with Gasteiger partial charge in [0.15, 0.2) is 0 Å². The summed E-state index contributed by atoms with van der Waals surface area (Å²) in [4.78, 5) is 22.4. The number of nitrogens with two attached hydrogens (primary N) is 1. The van der Waals surface area contributed by atoms with Crippen LogP contribution >= 0.6 is 0 Å². The third-order valence-corrected chi connectivity index (χ3v) is 4.81. The van der Waals surface area contributed by atoms with Crippen LogP contribution in [0.4, 0.5) is 24.7 Å². The van der Waals surface area contributed by atoms with Crippen molar-refractivity contribution in [3.8, 4) is 6.01 Å². The number of ether oxygens (including phenoxy) is 1. The zero-order valence-corrected chi connectivity index (χ0v) is 15.1. The van der Waals surface area contributed by atoms with Crippen LogP contribution < -0.4 is 15.4 Å². The molecule has 0 bridgehead atoms. The molecule has 0 radical (unpaired) electrons. The molecule has 0 spiro atoms.